The Morgan fingerprint density at radius 1 is 1.16 bits per heavy atom. The van der Waals surface area contributed by atoms with E-state index in [4.69, 9.17) is 9.47 Å². The molecule has 2 rings (SSSR count). The molecule has 4 nitrogen and oxygen atoms in total. The van der Waals surface area contributed by atoms with Gasteiger partial charge in [-0.25, -0.2) is 0 Å². The van der Waals surface area contributed by atoms with Gasteiger partial charge in [-0.1, -0.05) is 6.92 Å². The van der Waals surface area contributed by atoms with Gasteiger partial charge in [-0.3, -0.25) is 4.90 Å². The molecule has 1 saturated heterocycles. The lowest BCUT2D eigenvalue weighted by Gasteiger charge is -2.24. The molecular formula is C15H30N2O2. The molecule has 0 spiro atoms. The Bertz CT molecular complexity index is 246. The second-order valence-corrected chi connectivity index (χ2v) is 5.73. The van der Waals surface area contributed by atoms with E-state index in [0.717, 1.165) is 45.4 Å². The van der Waals surface area contributed by atoms with Crippen molar-refractivity contribution in [2.24, 2.45) is 0 Å². The van der Waals surface area contributed by atoms with Crippen molar-refractivity contribution in [2.75, 3.05) is 39.4 Å². The molecule has 2 aliphatic rings. The maximum Gasteiger partial charge on any atom is 0.0707 e. The number of nitrogens with zero attached hydrogens (tertiary/aromatic N) is 1. The summed E-state index contributed by atoms with van der Waals surface area (Å²) in [4.78, 5) is 2.44. The normalized spacial score (nSPS) is 27.3. The van der Waals surface area contributed by atoms with Crippen LogP contribution < -0.4 is 5.32 Å². The van der Waals surface area contributed by atoms with E-state index in [1.54, 1.807) is 0 Å². The average molecular weight is 270 g/mol. The van der Waals surface area contributed by atoms with Crippen molar-refractivity contribution in [1.82, 2.24) is 10.2 Å². The van der Waals surface area contributed by atoms with E-state index in [-0.39, 0.29) is 0 Å². The molecular weight excluding hydrogens is 240 g/mol. The zero-order valence-electron chi connectivity index (χ0n) is 12.6. The largest absolute Gasteiger partial charge is 0.380 e. The predicted octanol–water partition coefficient (Wildman–Crippen LogP) is 1.64. The quantitative estimate of drug-likeness (QED) is 0.612. The Morgan fingerprint density at radius 3 is 2.63 bits per heavy atom. The average Bonchev–Trinajstić information content (AvgIpc) is 3.15. The van der Waals surface area contributed by atoms with Crippen LogP contribution in [-0.2, 0) is 9.47 Å². The molecule has 2 fully saturated rings. The van der Waals surface area contributed by atoms with E-state index < -0.39 is 0 Å². The Kier molecular flexibility index (Phi) is 6.57. The van der Waals surface area contributed by atoms with Gasteiger partial charge in [0.05, 0.1) is 18.8 Å². The summed E-state index contributed by atoms with van der Waals surface area (Å²) in [6.07, 6.45) is 6.01. The fourth-order valence-corrected chi connectivity index (χ4v) is 2.65. The number of likely N-dealkylation sites (N-methyl/N-ethyl adjacent to an activating group) is 1. The Labute approximate surface area is 117 Å². The van der Waals surface area contributed by atoms with Crippen LogP contribution in [0.2, 0.25) is 0 Å². The van der Waals surface area contributed by atoms with Gasteiger partial charge in [0.15, 0.2) is 0 Å². The molecule has 1 aliphatic carbocycles. The van der Waals surface area contributed by atoms with Crippen LogP contribution in [0.4, 0.5) is 0 Å². The summed E-state index contributed by atoms with van der Waals surface area (Å²) in [5.41, 5.74) is 0. The molecule has 0 amide bonds. The Morgan fingerprint density at radius 2 is 1.95 bits per heavy atom. The number of nitrogens with one attached hydrogen (secondary N) is 1. The number of hydrogen-bond donors (Lipinski definition) is 1. The smallest absolute Gasteiger partial charge is 0.0707 e. The molecule has 0 bridgehead atoms. The molecule has 19 heavy (non-hydrogen) atoms. The summed E-state index contributed by atoms with van der Waals surface area (Å²) in [7, 11) is 0. The molecule has 112 valence electrons. The van der Waals surface area contributed by atoms with Crippen molar-refractivity contribution in [3.05, 3.63) is 0 Å². The van der Waals surface area contributed by atoms with Crippen molar-refractivity contribution >= 4 is 0 Å². The number of ether oxygens (including phenoxy) is 2. The van der Waals surface area contributed by atoms with Crippen LogP contribution in [0.25, 0.3) is 0 Å². The van der Waals surface area contributed by atoms with Gasteiger partial charge in [-0.05, 0) is 39.2 Å². The third-order valence-corrected chi connectivity index (χ3v) is 4.07. The van der Waals surface area contributed by atoms with Gasteiger partial charge in [0.25, 0.3) is 0 Å². The summed E-state index contributed by atoms with van der Waals surface area (Å²) in [6.45, 7) is 10.1. The molecule has 1 saturated carbocycles. The van der Waals surface area contributed by atoms with Crippen LogP contribution in [-0.4, -0.2) is 62.5 Å². The lowest BCUT2D eigenvalue weighted by molar-refractivity contribution is 0.0179. The highest BCUT2D eigenvalue weighted by atomic mass is 16.5. The van der Waals surface area contributed by atoms with Gasteiger partial charge in [0.2, 0.25) is 0 Å². The number of rotatable bonds is 10. The molecule has 0 aromatic carbocycles. The van der Waals surface area contributed by atoms with Crippen LogP contribution in [0.1, 0.15) is 39.5 Å². The highest BCUT2D eigenvalue weighted by Crippen LogP contribution is 2.23. The van der Waals surface area contributed by atoms with E-state index >= 15 is 0 Å². The Balaban J connectivity index is 1.58. The second-order valence-electron chi connectivity index (χ2n) is 5.73. The lowest BCUT2D eigenvalue weighted by Crippen LogP contribution is -2.36. The standard InChI is InChI=1S/C15H30N2O2/c1-3-17(9-10-18-4-2)12-15-8-7-14(19-15)11-16-13-5-6-13/h13-16H,3-12H2,1-2H3. The van der Waals surface area contributed by atoms with Crippen molar-refractivity contribution in [2.45, 2.75) is 57.8 Å². The molecule has 0 aromatic heterocycles. The van der Waals surface area contributed by atoms with E-state index in [1.165, 1.54) is 25.7 Å². The topological polar surface area (TPSA) is 33.7 Å². The van der Waals surface area contributed by atoms with Gasteiger partial charge in [-0.2, -0.15) is 0 Å². The fourth-order valence-electron chi connectivity index (χ4n) is 2.65. The molecule has 4 heteroatoms. The molecule has 0 radical (unpaired) electrons. The minimum atomic E-state index is 0.424. The summed E-state index contributed by atoms with van der Waals surface area (Å²) in [6, 6.07) is 0.793. The molecule has 1 aliphatic heterocycles. The van der Waals surface area contributed by atoms with Gasteiger partial charge in [-0.15, -0.1) is 0 Å². The van der Waals surface area contributed by atoms with Gasteiger partial charge in [0.1, 0.15) is 0 Å². The monoisotopic (exact) mass is 270 g/mol. The first kappa shape index (κ1) is 15.2. The van der Waals surface area contributed by atoms with Gasteiger partial charge in [0, 0.05) is 32.3 Å². The number of hydrogen-bond acceptors (Lipinski definition) is 4. The van der Waals surface area contributed by atoms with Crippen molar-refractivity contribution < 1.29 is 9.47 Å². The van der Waals surface area contributed by atoms with E-state index in [1.807, 2.05) is 6.92 Å². The van der Waals surface area contributed by atoms with Crippen LogP contribution in [0.15, 0.2) is 0 Å². The molecule has 1 N–H and O–H groups in total. The first-order valence-corrected chi connectivity index (χ1v) is 8.00. The van der Waals surface area contributed by atoms with Crippen LogP contribution in [0.3, 0.4) is 0 Å². The zero-order chi connectivity index (χ0) is 13.5. The van der Waals surface area contributed by atoms with Crippen LogP contribution >= 0.6 is 0 Å². The Hall–Kier alpha value is -0.160. The van der Waals surface area contributed by atoms with E-state index in [0.29, 0.717) is 12.2 Å². The first-order chi connectivity index (χ1) is 9.31. The zero-order valence-corrected chi connectivity index (χ0v) is 12.6. The third kappa shape index (κ3) is 5.78. The van der Waals surface area contributed by atoms with Crippen molar-refractivity contribution in [3.8, 4) is 0 Å². The van der Waals surface area contributed by atoms with Crippen molar-refractivity contribution in [3.63, 3.8) is 0 Å². The highest BCUT2D eigenvalue weighted by Gasteiger charge is 2.28. The summed E-state index contributed by atoms with van der Waals surface area (Å²) in [5.74, 6) is 0. The van der Waals surface area contributed by atoms with E-state index in [9.17, 15) is 0 Å². The minimum absolute atomic E-state index is 0.424. The summed E-state index contributed by atoms with van der Waals surface area (Å²) >= 11 is 0. The SMILES string of the molecule is CCOCCN(CC)CC1CCC(CNC2CC2)O1. The highest BCUT2D eigenvalue weighted by molar-refractivity contribution is 4.84. The summed E-state index contributed by atoms with van der Waals surface area (Å²) in [5, 5.41) is 3.57. The summed E-state index contributed by atoms with van der Waals surface area (Å²) < 4.78 is 11.6. The second kappa shape index (κ2) is 8.20. The molecule has 0 aromatic rings. The lowest BCUT2D eigenvalue weighted by atomic mass is 10.2. The van der Waals surface area contributed by atoms with Gasteiger partial charge < -0.3 is 14.8 Å². The maximum atomic E-state index is 6.13. The first-order valence-electron chi connectivity index (χ1n) is 8.00. The molecule has 1 heterocycles. The van der Waals surface area contributed by atoms with Crippen LogP contribution in [0, 0.1) is 0 Å². The van der Waals surface area contributed by atoms with Crippen molar-refractivity contribution in [1.29, 1.82) is 0 Å². The minimum Gasteiger partial charge on any atom is -0.380 e. The maximum absolute atomic E-state index is 6.13. The molecule has 2 atom stereocenters. The van der Waals surface area contributed by atoms with Crippen LogP contribution in [0.5, 0.6) is 0 Å². The predicted molar refractivity (Wildman–Crippen MR) is 77.5 cm³/mol. The van der Waals surface area contributed by atoms with E-state index in [2.05, 4.69) is 17.1 Å². The van der Waals surface area contributed by atoms with Gasteiger partial charge >= 0.3 is 0 Å². The fraction of sp³-hybridized carbons (Fsp3) is 1.00. The molecule has 2 unspecified atom stereocenters. The third-order valence-electron chi connectivity index (χ3n) is 4.07.